The maximum atomic E-state index is 12.5. The normalized spacial score (nSPS) is 14.2. The molecule has 4 rings (SSSR count). The zero-order valence-electron chi connectivity index (χ0n) is 13.7. The first-order chi connectivity index (χ1) is 12.7. The van der Waals surface area contributed by atoms with Crippen LogP contribution >= 0.6 is 11.6 Å². The lowest BCUT2D eigenvalue weighted by molar-refractivity contribution is 0.101. The van der Waals surface area contributed by atoms with Crippen molar-refractivity contribution in [2.45, 2.75) is 6.61 Å². The van der Waals surface area contributed by atoms with Gasteiger partial charge in [0.1, 0.15) is 18.1 Å². The van der Waals surface area contributed by atoms with E-state index in [4.69, 9.17) is 21.1 Å². The van der Waals surface area contributed by atoms with Crippen molar-refractivity contribution >= 4 is 23.5 Å². The molecule has 5 heteroatoms. The van der Waals surface area contributed by atoms with Crippen molar-refractivity contribution in [1.29, 1.82) is 0 Å². The van der Waals surface area contributed by atoms with Crippen molar-refractivity contribution in [3.05, 3.63) is 94.5 Å². The molecule has 1 aromatic heterocycles. The van der Waals surface area contributed by atoms with E-state index in [-0.39, 0.29) is 11.5 Å². The summed E-state index contributed by atoms with van der Waals surface area (Å²) in [7, 11) is 0. The lowest BCUT2D eigenvalue weighted by Gasteiger charge is -2.07. The number of aromatic nitrogens is 1. The molecule has 0 spiro atoms. The fourth-order valence-electron chi connectivity index (χ4n) is 2.66. The summed E-state index contributed by atoms with van der Waals surface area (Å²) >= 11 is 5.98. The molecule has 3 aromatic rings. The molecule has 2 heterocycles. The summed E-state index contributed by atoms with van der Waals surface area (Å²) in [5, 5.41) is 0.666. The quantitative estimate of drug-likeness (QED) is 0.617. The average molecular weight is 364 g/mol. The van der Waals surface area contributed by atoms with E-state index < -0.39 is 0 Å². The molecule has 0 saturated heterocycles. The SMILES string of the molecule is O=C1C(=Cc2cccnc2)Oc2cc(OCc3cccc(Cl)c3)ccc21. The molecule has 0 atom stereocenters. The van der Waals surface area contributed by atoms with E-state index in [1.807, 2.05) is 30.3 Å². The Kier molecular flexibility index (Phi) is 4.42. The van der Waals surface area contributed by atoms with Gasteiger partial charge in [-0.1, -0.05) is 29.8 Å². The third-order valence-corrected chi connectivity index (χ3v) is 4.15. The number of pyridine rings is 1. The first-order valence-corrected chi connectivity index (χ1v) is 8.42. The Labute approximate surface area is 155 Å². The minimum Gasteiger partial charge on any atom is -0.489 e. The summed E-state index contributed by atoms with van der Waals surface area (Å²) in [4.78, 5) is 16.5. The Balaban J connectivity index is 1.51. The Morgan fingerprint density at radius 1 is 1.12 bits per heavy atom. The first kappa shape index (κ1) is 16.4. The summed E-state index contributed by atoms with van der Waals surface area (Å²) < 4.78 is 11.5. The van der Waals surface area contributed by atoms with Gasteiger partial charge in [0.05, 0.1) is 5.56 Å². The van der Waals surface area contributed by atoms with Crippen LogP contribution in [-0.2, 0) is 6.61 Å². The first-order valence-electron chi connectivity index (χ1n) is 8.04. The van der Waals surface area contributed by atoms with Crippen LogP contribution < -0.4 is 9.47 Å². The molecular weight excluding hydrogens is 350 g/mol. The largest absolute Gasteiger partial charge is 0.489 e. The summed E-state index contributed by atoms with van der Waals surface area (Å²) in [6.07, 6.45) is 5.03. The number of halogens is 1. The smallest absolute Gasteiger partial charge is 0.231 e. The van der Waals surface area contributed by atoms with Gasteiger partial charge in [0.15, 0.2) is 5.76 Å². The number of rotatable bonds is 4. The van der Waals surface area contributed by atoms with Crippen LogP contribution in [0.2, 0.25) is 5.02 Å². The fourth-order valence-corrected chi connectivity index (χ4v) is 2.88. The van der Waals surface area contributed by atoms with E-state index in [9.17, 15) is 4.79 Å². The molecule has 0 bridgehead atoms. The van der Waals surface area contributed by atoms with Gasteiger partial charge in [0, 0.05) is 23.5 Å². The molecule has 26 heavy (non-hydrogen) atoms. The van der Waals surface area contributed by atoms with E-state index in [0.29, 0.717) is 28.7 Å². The monoisotopic (exact) mass is 363 g/mol. The Bertz CT molecular complexity index is 999. The molecule has 0 radical (unpaired) electrons. The van der Waals surface area contributed by atoms with Gasteiger partial charge in [-0.3, -0.25) is 9.78 Å². The summed E-state index contributed by atoms with van der Waals surface area (Å²) in [6.45, 7) is 0.381. The molecule has 2 aromatic carbocycles. The van der Waals surface area contributed by atoms with Gasteiger partial charge in [-0.15, -0.1) is 0 Å². The zero-order chi connectivity index (χ0) is 17.9. The Morgan fingerprint density at radius 2 is 2.04 bits per heavy atom. The molecule has 0 saturated carbocycles. The van der Waals surface area contributed by atoms with Crippen LogP contribution in [0.15, 0.2) is 72.8 Å². The number of ketones is 1. The van der Waals surface area contributed by atoms with Gasteiger partial charge in [-0.05, 0) is 47.5 Å². The maximum absolute atomic E-state index is 12.5. The van der Waals surface area contributed by atoms with Crippen molar-refractivity contribution in [3.63, 3.8) is 0 Å². The van der Waals surface area contributed by atoms with Crippen LogP contribution in [-0.4, -0.2) is 10.8 Å². The molecule has 0 amide bonds. The van der Waals surface area contributed by atoms with Crippen molar-refractivity contribution in [2.24, 2.45) is 0 Å². The van der Waals surface area contributed by atoms with Gasteiger partial charge >= 0.3 is 0 Å². The molecule has 0 unspecified atom stereocenters. The Morgan fingerprint density at radius 3 is 2.85 bits per heavy atom. The molecule has 128 valence electrons. The predicted octanol–water partition coefficient (Wildman–Crippen LogP) is 4.93. The number of allylic oxidation sites excluding steroid dienone is 1. The zero-order valence-corrected chi connectivity index (χ0v) is 14.4. The molecule has 1 aliphatic heterocycles. The van der Waals surface area contributed by atoms with Crippen molar-refractivity contribution in [3.8, 4) is 11.5 Å². The van der Waals surface area contributed by atoms with E-state index in [0.717, 1.165) is 11.1 Å². The molecule has 0 aliphatic carbocycles. The molecule has 0 fully saturated rings. The highest BCUT2D eigenvalue weighted by Gasteiger charge is 2.27. The minimum absolute atomic E-state index is 0.148. The summed E-state index contributed by atoms with van der Waals surface area (Å²) in [5.41, 5.74) is 2.29. The number of nitrogens with zero attached hydrogens (tertiary/aromatic N) is 1. The lowest BCUT2D eigenvalue weighted by Crippen LogP contribution is -1.98. The standard InChI is InChI=1S/C21H14ClNO3/c22-16-5-1-3-15(9-16)13-25-17-6-7-18-19(11-17)26-20(21(18)24)10-14-4-2-8-23-12-14/h1-12H,13H2. The number of carbonyl (C=O) groups is 1. The van der Waals surface area contributed by atoms with Crippen LogP contribution in [0.1, 0.15) is 21.5 Å². The van der Waals surface area contributed by atoms with Crippen LogP contribution in [0.25, 0.3) is 6.08 Å². The van der Waals surface area contributed by atoms with Crippen LogP contribution in [0.5, 0.6) is 11.5 Å². The fraction of sp³-hybridized carbons (Fsp3) is 0.0476. The second-order valence-electron chi connectivity index (χ2n) is 5.80. The maximum Gasteiger partial charge on any atom is 0.231 e. The highest BCUT2D eigenvalue weighted by atomic mass is 35.5. The third kappa shape index (κ3) is 3.46. The topological polar surface area (TPSA) is 48.4 Å². The Hall–Kier alpha value is -3.11. The highest BCUT2D eigenvalue weighted by molar-refractivity contribution is 6.30. The number of carbonyl (C=O) groups excluding carboxylic acids is 1. The van der Waals surface area contributed by atoms with E-state index in [1.54, 1.807) is 42.7 Å². The second-order valence-corrected chi connectivity index (χ2v) is 6.24. The van der Waals surface area contributed by atoms with Crippen molar-refractivity contribution < 1.29 is 14.3 Å². The average Bonchev–Trinajstić information content (AvgIpc) is 2.96. The number of hydrogen-bond donors (Lipinski definition) is 0. The molecule has 0 N–H and O–H groups in total. The number of benzene rings is 2. The van der Waals surface area contributed by atoms with E-state index >= 15 is 0 Å². The second kappa shape index (κ2) is 7.02. The van der Waals surface area contributed by atoms with Crippen molar-refractivity contribution in [1.82, 2.24) is 4.98 Å². The number of Topliss-reactive ketones (excluding diaryl/α,β-unsaturated/α-hetero) is 1. The van der Waals surface area contributed by atoms with Gasteiger partial charge in [0.25, 0.3) is 0 Å². The predicted molar refractivity (Wildman–Crippen MR) is 99.4 cm³/mol. The van der Waals surface area contributed by atoms with E-state index in [2.05, 4.69) is 4.98 Å². The van der Waals surface area contributed by atoms with Gasteiger partial charge in [-0.2, -0.15) is 0 Å². The minimum atomic E-state index is -0.148. The van der Waals surface area contributed by atoms with Gasteiger partial charge < -0.3 is 9.47 Å². The lowest BCUT2D eigenvalue weighted by atomic mass is 10.1. The number of fused-ring (bicyclic) bond motifs is 1. The van der Waals surface area contributed by atoms with Crippen molar-refractivity contribution in [2.75, 3.05) is 0 Å². The van der Waals surface area contributed by atoms with Gasteiger partial charge in [-0.25, -0.2) is 0 Å². The molecular formula is C21H14ClNO3. The van der Waals surface area contributed by atoms with Crippen LogP contribution in [0.3, 0.4) is 0 Å². The van der Waals surface area contributed by atoms with E-state index in [1.165, 1.54) is 0 Å². The van der Waals surface area contributed by atoms with Gasteiger partial charge in [0.2, 0.25) is 5.78 Å². The summed E-state index contributed by atoms with van der Waals surface area (Å²) in [6, 6.07) is 16.4. The molecule has 4 nitrogen and oxygen atoms in total. The summed E-state index contributed by atoms with van der Waals surface area (Å²) in [5.74, 6) is 1.25. The van der Waals surface area contributed by atoms with Crippen LogP contribution in [0.4, 0.5) is 0 Å². The van der Waals surface area contributed by atoms with Crippen LogP contribution in [0, 0.1) is 0 Å². The molecule has 1 aliphatic rings. The highest BCUT2D eigenvalue weighted by Crippen LogP contribution is 2.35. The number of ether oxygens (including phenoxy) is 2. The number of hydrogen-bond acceptors (Lipinski definition) is 4. The third-order valence-electron chi connectivity index (χ3n) is 3.92.